The quantitative estimate of drug-likeness (QED) is 0.616. The van der Waals surface area contributed by atoms with E-state index in [0.717, 1.165) is 11.1 Å². The van der Waals surface area contributed by atoms with Gasteiger partial charge in [0.1, 0.15) is 12.1 Å². The molecule has 2 aromatic carbocycles. The Bertz CT molecular complexity index is 1050. The van der Waals surface area contributed by atoms with Gasteiger partial charge in [-0.3, -0.25) is 4.99 Å². The molecule has 0 atom stereocenters. The van der Waals surface area contributed by atoms with Gasteiger partial charge in [0.05, 0.1) is 18.0 Å². The molecule has 1 aromatic heterocycles. The van der Waals surface area contributed by atoms with Gasteiger partial charge in [-0.05, 0) is 24.3 Å². The number of alkyl halides is 3. The summed E-state index contributed by atoms with van der Waals surface area (Å²) in [6.07, 6.45) is -1.75. The van der Waals surface area contributed by atoms with Gasteiger partial charge in [0.2, 0.25) is 0 Å². The van der Waals surface area contributed by atoms with Crippen LogP contribution in [0, 0.1) is 0 Å². The summed E-state index contributed by atoms with van der Waals surface area (Å²) < 4.78 is 42.7. The van der Waals surface area contributed by atoms with Crippen LogP contribution in [-0.4, -0.2) is 22.0 Å². The molecule has 2 heterocycles. The van der Waals surface area contributed by atoms with E-state index in [9.17, 15) is 13.2 Å². The standard InChI is InChI=1S/C19H11ClF3N3O/c20-12-5-6-13-15(7-12)18(25-9-11-8-24-10-26-17(11)13)14-3-1-2-4-16(14)27-19(21,22)23/h1-8,10H,9H2. The van der Waals surface area contributed by atoms with E-state index in [1.54, 1.807) is 30.5 Å². The first kappa shape index (κ1) is 17.5. The molecule has 0 fully saturated rings. The van der Waals surface area contributed by atoms with Gasteiger partial charge in [0, 0.05) is 33.5 Å². The van der Waals surface area contributed by atoms with Crippen LogP contribution in [0.4, 0.5) is 13.2 Å². The van der Waals surface area contributed by atoms with Crippen molar-refractivity contribution in [2.45, 2.75) is 12.9 Å². The van der Waals surface area contributed by atoms with Gasteiger partial charge in [0.15, 0.2) is 0 Å². The maximum atomic E-state index is 12.8. The zero-order chi connectivity index (χ0) is 19.0. The second-order valence-electron chi connectivity index (χ2n) is 5.80. The minimum atomic E-state index is -4.81. The zero-order valence-corrected chi connectivity index (χ0v) is 14.4. The maximum Gasteiger partial charge on any atom is 0.573 e. The Hall–Kier alpha value is -2.93. The van der Waals surface area contributed by atoms with Gasteiger partial charge in [-0.25, -0.2) is 9.97 Å². The van der Waals surface area contributed by atoms with Crippen LogP contribution in [0.1, 0.15) is 16.7 Å². The lowest BCUT2D eigenvalue weighted by Gasteiger charge is -2.16. The molecule has 0 saturated heterocycles. The number of nitrogens with zero attached hydrogens (tertiary/aromatic N) is 3. The van der Waals surface area contributed by atoms with Gasteiger partial charge in [0.25, 0.3) is 0 Å². The Morgan fingerprint density at radius 3 is 2.63 bits per heavy atom. The van der Waals surface area contributed by atoms with Crippen molar-refractivity contribution < 1.29 is 17.9 Å². The van der Waals surface area contributed by atoms with Crippen molar-refractivity contribution in [3.05, 3.63) is 76.7 Å². The number of halogens is 4. The van der Waals surface area contributed by atoms with Crippen molar-refractivity contribution in [3.8, 4) is 17.0 Å². The number of benzene rings is 2. The van der Waals surface area contributed by atoms with Crippen LogP contribution in [0.3, 0.4) is 0 Å². The molecule has 3 aromatic rings. The third kappa shape index (κ3) is 3.50. The van der Waals surface area contributed by atoms with Crippen LogP contribution < -0.4 is 4.74 Å². The SMILES string of the molecule is FC(F)(F)Oc1ccccc1C1=NCc2cncnc2-c2ccc(Cl)cc21. The molecule has 0 N–H and O–H groups in total. The summed E-state index contributed by atoms with van der Waals surface area (Å²) in [6.45, 7) is 0.220. The van der Waals surface area contributed by atoms with Crippen molar-refractivity contribution in [3.63, 3.8) is 0 Å². The van der Waals surface area contributed by atoms with Gasteiger partial charge in [-0.15, -0.1) is 13.2 Å². The van der Waals surface area contributed by atoms with Gasteiger partial charge in [-0.2, -0.15) is 0 Å². The molecule has 8 heteroatoms. The predicted octanol–water partition coefficient (Wildman–Crippen LogP) is 5.05. The molecule has 0 unspecified atom stereocenters. The third-order valence-corrected chi connectivity index (χ3v) is 4.29. The summed E-state index contributed by atoms with van der Waals surface area (Å²) in [5.41, 5.74) is 3.31. The molecule has 0 amide bonds. The summed E-state index contributed by atoms with van der Waals surface area (Å²) in [5.74, 6) is -0.327. The van der Waals surface area contributed by atoms with Gasteiger partial charge < -0.3 is 4.74 Å². The third-order valence-electron chi connectivity index (χ3n) is 4.06. The molecule has 1 aliphatic heterocycles. The summed E-state index contributed by atoms with van der Waals surface area (Å²) in [6, 6.07) is 11.0. The minimum Gasteiger partial charge on any atom is -0.405 e. The van der Waals surface area contributed by atoms with Crippen LogP contribution in [-0.2, 0) is 6.54 Å². The Balaban J connectivity index is 1.94. The van der Waals surface area contributed by atoms with E-state index in [-0.39, 0.29) is 17.9 Å². The summed E-state index contributed by atoms with van der Waals surface area (Å²) in [7, 11) is 0. The monoisotopic (exact) mass is 389 g/mol. The largest absolute Gasteiger partial charge is 0.573 e. The van der Waals surface area contributed by atoms with Crippen LogP contribution in [0.5, 0.6) is 5.75 Å². The van der Waals surface area contributed by atoms with Crippen molar-refractivity contribution >= 4 is 17.3 Å². The molecule has 0 radical (unpaired) electrons. The normalized spacial score (nSPS) is 13.3. The minimum absolute atomic E-state index is 0.220. The number of para-hydroxylation sites is 1. The Morgan fingerprint density at radius 1 is 1.00 bits per heavy atom. The molecule has 0 saturated carbocycles. The fourth-order valence-electron chi connectivity index (χ4n) is 2.99. The number of hydrogen-bond acceptors (Lipinski definition) is 4. The van der Waals surface area contributed by atoms with Crippen LogP contribution in [0.25, 0.3) is 11.3 Å². The molecule has 1 aliphatic rings. The predicted molar refractivity (Wildman–Crippen MR) is 94.9 cm³/mol. The van der Waals surface area contributed by atoms with Crippen LogP contribution >= 0.6 is 11.6 Å². The van der Waals surface area contributed by atoms with Crippen molar-refractivity contribution in [1.29, 1.82) is 0 Å². The van der Waals surface area contributed by atoms with E-state index in [2.05, 4.69) is 19.7 Å². The van der Waals surface area contributed by atoms with Crippen LogP contribution in [0.2, 0.25) is 5.02 Å². The number of hydrogen-bond donors (Lipinski definition) is 0. The molecular formula is C19H11ClF3N3O. The highest BCUT2D eigenvalue weighted by Crippen LogP contribution is 2.35. The number of fused-ring (bicyclic) bond motifs is 3. The van der Waals surface area contributed by atoms with E-state index in [4.69, 9.17) is 11.6 Å². The maximum absolute atomic E-state index is 12.8. The lowest BCUT2D eigenvalue weighted by atomic mass is 9.95. The van der Waals surface area contributed by atoms with E-state index in [0.29, 0.717) is 22.0 Å². The molecule has 136 valence electrons. The molecule has 0 aliphatic carbocycles. The molecule has 0 spiro atoms. The molecule has 4 rings (SSSR count). The fraction of sp³-hybridized carbons (Fsp3) is 0.105. The first-order valence-electron chi connectivity index (χ1n) is 7.91. The summed E-state index contributed by atoms with van der Waals surface area (Å²) >= 11 is 6.16. The van der Waals surface area contributed by atoms with Gasteiger partial charge >= 0.3 is 6.36 Å². The lowest BCUT2D eigenvalue weighted by molar-refractivity contribution is -0.274. The molecular weight excluding hydrogens is 379 g/mol. The molecule has 4 nitrogen and oxygen atoms in total. The number of rotatable bonds is 2. The Morgan fingerprint density at radius 2 is 1.81 bits per heavy atom. The highest BCUT2D eigenvalue weighted by atomic mass is 35.5. The summed E-state index contributed by atoms with van der Waals surface area (Å²) in [4.78, 5) is 12.9. The molecule has 0 bridgehead atoms. The summed E-state index contributed by atoms with van der Waals surface area (Å²) in [5, 5.41) is 0.438. The average Bonchev–Trinajstić information content (AvgIpc) is 2.78. The van der Waals surface area contributed by atoms with Gasteiger partial charge in [-0.1, -0.05) is 29.8 Å². The number of aromatic nitrogens is 2. The zero-order valence-electron chi connectivity index (χ0n) is 13.7. The first-order chi connectivity index (χ1) is 12.9. The highest BCUT2D eigenvalue weighted by molar-refractivity contribution is 6.31. The second-order valence-corrected chi connectivity index (χ2v) is 6.23. The Kier molecular flexibility index (Phi) is 4.31. The number of aliphatic imine (C=N–C) groups is 1. The van der Waals surface area contributed by atoms with E-state index >= 15 is 0 Å². The average molecular weight is 390 g/mol. The smallest absolute Gasteiger partial charge is 0.405 e. The van der Waals surface area contributed by atoms with Crippen molar-refractivity contribution in [1.82, 2.24) is 9.97 Å². The van der Waals surface area contributed by atoms with E-state index in [1.165, 1.54) is 24.5 Å². The van der Waals surface area contributed by atoms with E-state index < -0.39 is 6.36 Å². The van der Waals surface area contributed by atoms with Crippen molar-refractivity contribution in [2.24, 2.45) is 4.99 Å². The lowest BCUT2D eigenvalue weighted by Crippen LogP contribution is -2.19. The topological polar surface area (TPSA) is 47.4 Å². The first-order valence-corrected chi connectivity index (χ1v) is 8.29. The molecule has 27 heavy (non-hydrogen) atoms. The Labute approximate surface area is 157 Å². The number of ether oxygens (including phenoxy) is 1. The fourth-order valence-corrected chi connectivity index (χ4v) is 3.16. The highest BCUT2D eigenvalue weighted by Gasteiger charge is 2.33. The van der Waals surface area contributed by atoms with Crippen LogP contribution in [0.15, 0.2) is 60.0 Å². The van der Waals surface area contributed by atoms with E-state index in [1.807, 2.05) is 0 Å². The second kappa shape index (κ2) is 6.66. The van der Waals surface area contributed by atoms with Crippen molar-refractivity contribution in [2.75, 3.05) is 0 Å².